The van der Waals surface area contributed by atoms with Crippen molar-refractivity contribution < 1.29 is 0 Å². The summed E-state index contributed by atoms with van der Waals surface area (Å²) in [6, 6.07) is 6.87. The quantitative estimate of drug-likeness (QED) is 0.631. The molecule has 0 unspecified atom stereocenters. The van der Waals surface area contributed by atoms with Gasteiger partial charge in [0, 0.05) is 3.57 Å². The van der Waals surface area contributed by atoms with E-state index in [-0.39, 0.29) is 0 Å². The largest absolute Gasteiger partial charge is 0.0584 e. The molecule has 0 aliphatic heterocycles. The van der Waals surface area contributed by atoms with Gasteiger partial charge in [-0.2, -0.15) is 0 Å². The van der Waals surface area contributed by atoms with Crippen LogP contribution in [-0.2, 0) is 6.42 Å². The Bertz CT molecular complexity index is 291. The molecule has 0 N–H and O–H groups in total. The normalized spacial score (nSPS) is 22.0. The highest BCUT2D eigenvalue weighted by molar-refractivity contribution is 14.1. The average molecular weight is 272 g/mol. The maximum atomic E-state index is 2.39. The summed E-state index contributed by atoms with van der Waals surface area (Å²) in [6.45, 7) is 2.34. The molecule has 0 saturated heterocycles. The molecule has 0 aromatic heterocycles. The van der Waals surface area contributed by atoms with E-state index in [1.54, 1.807) is 11.1 Å². The van der Waals surface area contributed by atoms with Crippen molar-refractivity contribution in [3.05, 3.63) is 32.9 Å². The highest BCUT2D eigenvalue weighted by atomic mass is 127. The Hall–Kier alpha value is -0.0500. The first-order valence-corrected chi connectivity index (χ1v) is 5.63. The number of aryl methyl sites for hydroxylation is 1. The van der Waals surface area contributed by atoms with Crippen LogP contribution in [0.25, 0.3) is 0 Å². The molecule has 1 atom stereocenters. The minimum atomic E-state index is 0.783. The van der Waals surface area contributed by atoms with Gasteiger partial charge in [-0.25, -0.2) is 0 Å². The molecule has 0 amide bonds. The maximum Gasteiger partial charge on any atom is 0.0133 e. The SMILES string of the molecule is C[C@@H]1CCCc2cc(I)ccc21. The van der Waals surface area contributed by atoms with E-state index in [4.69, 9.17) is 0 Å². The lowest BCUT2D eigenvalue weighted by atomic mass is 9.84. The molecular weight excluding hydrogens is 259 g/mol. The van der Waals surface area contributed by atoms with E-state index < -0.39 is 0 Å². The lowest BCUT2D eigenvalue weighted by Gasteiger charge is -2.22. The van der Waals surface area contributed by atoms with Gasteiger partial charge >= 0.3 is 0 Å². The maximum absolute atomic E-state index is 2.39. The lowest BCUT2D eigenvalue weighted by molar-refractivity contribution is 0.590. The summed E-state index contributed by atoms with van der Waals surface area (Å²) in [6.07, 6.45) is 4.03. The van der Waals surface area contributed by atoms with Crippen LogP contribution >= 0.6 is 22.6 Å². The molecule has 1 aliphatic rings. The minimum Gasteiger partial charge on any atom is -0.0584 e. The van der Waals surface area contributed by atoms with E-state index in [2.05, 4.69) is 47.7 Å². The van der Waals surface area contributed by atoms with Gasteiger partial charge in [0.05, 0.1) is 0 Å². The van der Waals surface area contributed by atoms with E-state index in [9.17, 15) is 0 Å². The fraction of sp³-hybridized carbons (Fsp3) is 0.455. The molecule has 1 aromatic carbocycles. The molecule has 0 fully saturated rings. The van der Waals surface area contributed by atoms with Gasteiger partial charge in [0.25, 0.3) is 0 Å². The van der Waals surface area contributed by atoms with Crippen LogP contribution in [0.1, 0.15) is 36.8 Å². The van der Waals surface area contributed by atoms with Crippen molar-refractivity contribution in [1.82, 2.24) is 0 Å². The zero-order valence-corrected chi connectivity index (χ0v) is 9.47. The number of fused-ring (bicyclic) bond motifs is 1. The van der Waals surface area contributed by atoms with Crippen molar-refractivity contribution in [3.8, 4) is 0 Å². The summed E-state index contributed by atoms with van der Waals surface area (Å²) in [5.41, 5.74) is 3.17. The van der Waals surface area contributed by atoms with Crippen molar-refractivity contribution >= 4 is 22.6 Å². The number of hydrogen-bond donors (Lipinski definition) is 0. The van der Waals surface area contributed by atoms with Gasteiger partial charge in [0.1, 0.15) is 0 Å². The Morgan fingerprint density at radius 1 is 1.42 bits per heavy atom. The van der Waals surface area contributed by atoms with E-state index >= 15 is 0 Å². The second-order valence-corrected chi connectivity index (χ2v) is 4.88. The van der Waals surface area contributed by atoms with Crippen molar-refractivity contribution in [2.45, 2.75) is 32.1 Å². The Morgan fingerprint density at radius 2 is 2.25 bits per heavy atom. The summed E-state index contributed by atoms with van der Waals surface area (Å²) in [5.74, 6) is 0.783. The molecule has 12 heavy (non-hydrogen) atoms. The summed E-state index contributed by atoms with van der Waals surface area (Å²) in [4.78, 5) is 0. The predicted molar refractivity (Wildman–Crippen MR) is 60.5 cm³/mol. The summed E-state index contributed by atoms with van der Waals surface area (Å²) in [5, 5.41) is 0. The molecule has 0 bridgehead atoms. The summed E-state index contributed by atoms with van der Waals surface area (Å²) >= 11 is 2.39. The van der Waals surface area contributed by atoms with Crippen LogP contribution in [0.3, 0.4) is 0 Å². The molecule has 0 nitrogen and oxygen atoms in total. The van der Waals surface area contributed by atoms with Crippen molar-refractivity contribution in [3.63, 3.8) is 0 Å². The van der Waals surface area contributed by atoms with E-state index in [0.29, 0.717) is 0 Å². The molecule has 1 aliphatic carbocycles. The third-order valence-electron chi connectivity index (χ3n) is 2.72. The van der Waals surface area contributed by atoms with Crippen LogP contribution < -0.4 is 0 Å². The Labute approximate surface area is 87.5 Å². The second kappa shape index (κ2) is 3.36. The van der Waals surface area contributed by atoms with Crippen LogP contribution in [-0.4, -0.2) is 0 Å². The first-order valence-electron chi connectivity index (χ1n) is 4.55. The van der Waals surface area contributed by atoms with Crippen LogP contribution in [0.4, 0.5) is 0 Å². The fourth-order valence-corrected chi connectivity index (χ4v) is 2.58. The van der Waals surface area contributed by atoms with Gasteiger partial charge in [-0.1, -0.05) is 13.0 Å². The van der Waals surface area contributed by atoms with Gasteiger partial charge in [-0.3, -0.25) is 0 Å². The van der Waals surface area contributed by atoms with Gasteiger partial charge in [0.15, 0.2) is 0 Å². The number of benzene rings is 1. The topological polar surface area (TPSA) is 0 Å². The molecule has 1 aromatic rings. The molecule has 1 heteroatoms. The predicted octanol–water partition coefficient (Wildman–Crippen LogP) is 3.73. The fourth-order valence-electron chi connectivity index (χ4n) is 2.03. The highest BCUT2D eigenvalue weighted by Gasteiger charge is 2.15. The van der Waals surface area contributed by atoms with Crippen LogP contribution in [0.15, 0.2) is 18.2 Å². The van der Waals surface area contributed by atoms with Gasteiger partial charge in [-0.05, 0) is 71.0 Å². The van der Waals surface area contributed by atoms with Crippen LogP contribution in [0.2, 0.25) is 0 Å². The number of halogens is 1. The highest BCUT2D eigenvalue weighted by Crippen LogP contribution is 2.31. The monoisotopic (exact) mass is 272 g/mol. The Morgan fingerprint density at radius 3 is 3.08 bits per heavy atom. The number of rotatable bonds is 0. The third kappa shape index (κ3) is 1.51. The zero-order chi connectivity index (χ0) is 8.55. The third-order valence-corrected chi connectivity index (χ3v) is 3.39. The minimum absolute atomic E-state index is 0.783. The lowest BCUT2D eigenvalue weighted by Crippen LogP contribution is -2.06. The van der Waals surface area contributed by atoms with E-state index in [0.717, 1.165) is 5.92 Å². The number of hydrogen-bond acceptors (Lipinski definition) is 0. The van der Waals surface area contributed by atoms with Gasteiger partial charge in [0.2, 0.25) is 0 Å². The Kier molecular flexibility index (Phi) is 2.40. The second-order valence-electron chi connectivity index (χ2n) is 3.64. The average Bonchev–Trinajstić information content (AvgIpc) is 2.04. The molecule has 2 rings (SSSR count). The van der Waals surface area contributed by atoms with Gasteiger partial charge < -0.3 is 0 Å². The van der Waals surface area contributed by atoms with E-state index in [1.807, 2.05) is 0 Å². The van der Waals surface area contributed by atoms with Crippen molar-refractivity contribution in [2.24, 2.45) is 0 Å². The Balaban J connectivity index is 2.46. The molecular formula is C11H13I. The molecule has 0 spiro atoms. The first-order chi connectivity index (χ1) is 5.77. The molecule has 0 saturated carbocycles. The molecule has 0 radical (unpaired) electrons. The summed E-state index contributed by atoms with van der Waals surface area (Å²) in [7, 11) is 0. The van der Waals surface area contributed by atoms with Crippen molar-refractivity contribution in [2.75, 3.05) is 0 Å². The van der Waals surface area contributed by atoms with Crippen molar-refractivity contribution in [1.29, 1.82) is 0 Å². The molecule has 0 heterocycles. The standard InChI is InChI=1S/C11H13I/c1-8-3-2-4-9-7-10(12)5-6-11(8)9/h5-8H,2-4H2,1H3/t8-/m1/s1. The van der Waals surface area contributed by atoms with Crippen LogP contribution in [0, 0.1) is 3.57 Å². The first kappa shape index (κ1) is 8.54. The van der Waals surface area contributed by atoms with Crippen LogP contribution in [0.5, 0.6) is 0 Å². The smallest absolute Gasteiger partial charge is 0.0133 e. The zero-order valence-electron chi connectivity index (χ0n) is 7.31. The van der Waals surface area contributed by atoms with Gasteiger partial charge in [-0.15, -0.1) is 0 Å². The van der Waals surface area contributed by atoms with E-state index in [1.165, 1.54) is 22.8 Å². The molecule has 64 valence electrons. The summed E-state index contributed by atoms with van der Waals surface area (Å²) < 4.78 is 1.38.